The largest absolute Gasteiger partial charge is 0.309 e. The molecule has 4 rings (SSSR count). The average molecular weight is 413 g/mol. The van der Waals surface area contributed by atoms with E-state index < -0.39 is 0 Å². The second kappa shape index (κ2) is 7.73. The molecule has 0 amide bonds. The number of thioether (sulfide) groups is 1. The van der Waals surface area contributed by atoms with Crippen LogP contribution in [0.5, 0.6) is 0 Å². The van der Waals surface area contributed by atoms with Gasteiger partial charge in [0.2, 0.25) is 5.16 Å². The summed E-state index contributed by atoms with van der Waals surface area (Å²) in [4.78, 5) is 19.5. The van der Waals surface area contributed by atoms with Crippen molar-refractivity contribution in [3.63, 3.8) is 0 Å². The number of aromatic nitrogens is 6. The molecule has 0 unspecified atom stereocenters. The Balaban J connectivity index is 1.57. The molecule has 0 bridgehead atoms. The first-order valence-corrected chi connectivity index (χ1v) is 10.1. The standard InChI is InChI=1S/C19H17ClN6OS/c1-11(2)12-3-6-14(7-4-12)26-19(23-24-25-26)28-10-17-21-16-9-13(20)5-8-15(16)18(27)22-17/h3-9,11H,10H2,1-2H3,(H,21,22,27). The molecular formula is C19H17ClN6OS. The number of benzene rings is 2. The minimum absolute atomic E-state index is 0.193. The van der Waals surface area contributed by atoms with Crippen LogP contribution in [0.2, 0.25) is 5.02 Å². The summed E-state index contributed by atoms with van der Waals surface area (Å²) in [6.45, 7) is 4.30. The smallest absolute Gasteiger partial charge is 0.258 e. The lowest BCUT2D eigenvalue weighted by molar-refractivity contribution is 0.754. The molecule has 0 saturated carbocycles. The fraction of sp³-hybridized carbons (Fsp3) is 0.211. The van der Waals surface area contributed by atoms with Crippen molar-refractivity contribution in [2.75, 3.05) is 0 Å². The number of nitrogens with one attached hydrogen (secondary N) is 1. The Morgan fingerprint density at radius 2 is 1.96 bits per heavy atom. The highest BCUT2D eigenvalue weighted by Crippen LogP contribution is 2.23. The third-order valence-electron chi connectivity index (χ3n) is 4.30. The van der Waals surface area contributed by atoms with Gasteiger partial charge in [0.15, 0.2) is 0 Å². The van der Waals surface area contributed by atoms with Gasteiger partial charge in [0.1, 0.15) is 5.82 Å². The van der Waals surface area contributed by atoms with Gasteiger partial charge in [-0.3, -0.25) is 4.79 Å². The lowest BCUT2D eigenvalue weighted by atomic mass is 10.0. The third-order valence-corrected chi connectivity index (χ3v) is 5.47. The summed E-state index contributed by atoms with van der Waals surface area (Å²) in [5.41, 5.74) is 2.50. The van der Waals surface area contributed by atoms with Gasteiger partial charge in [-0.2, -0.15) is 4.68 Å². The van der Waals surface area contributed by atoms with Gasteiger partial charge in [-0.25, -0.2) is 4.98 Å². The molecule has 142 valence electrons. The molecule has 0 fully saturated rings. The van der Waals surface area contributed by atoms with E-state index in [2.05, 4.69) is 51.5 Å². The maximum atomic E-state index is 12.3. The molecule has 0 aliphatic carbocycles. The number of tetrazole rings is 1. The molecule has 0 aliphatic heterocycles. The molecule has 7 nitrogen and oxygen atoms in total. The van der Waals surface area contributed by atoms with Crippen molar-refractivity contribution < 1.29 is 0 Å². The number of hydrogen-bond donors (Lipinski definition) is 1. The second-order valence-electron chi connectivity index (χ2n) is 6.58. The first kappa shape index (κ1) is 18.6. The van der Waals surface area contributed by atoms with E-state index in [0.717, 1.165) is 5.69 Å². The number of fused-ring (bicyclic) bond motifs is 1. The van der Waals surface area contributed by atoms with Crippen LogP contribution in [0, 0.1) is 0 Å². The summed E-state index contributed by atoms with van der Waals surface area (Å²) < 4.78 is 1.67. The Morgan fingerprint density at radius 3 is 2.71 bits per heavy atom. The van der Waals surface area contributed by atoms with Crippen LogP contribution in [0.25, 0.3) is 16.6 Å². The molecule has 1 N–H and O–H groups in total. The Kier molecular flexibility index (Phi) is 5.15. The van der Waals surface area contributed by atoms with E-state index in [-0.39, 0.29) is 5.56 Å². The van der Waals surface area contributed by atoms with Crippen LogP contribution in [0.3, 0.4) is 0 Å². The first-order valence-electron chi connectivity index (χ1n) is 8.71. The molecule has 2 heterocycles. The van der Waals surface area contributed by atoms with Gasteiger partial charge in [0, 0.05) is 5.02 Å². The highest BCUT2D eigenvalue weighted by Gasteiger charge is 2.12. The Bertz CT molecular complexity index is 1190. The van der Waals surface area contributed by atoms with E-state index in [1.54, 1.807) is 22.9 Å². The third kappa shape index (κ3) is 3.79. The number of hydrogen-bond acceptors (Lipinski definition) is 6. The van der Waals surface area contributed by atoms with Crippen LogP contribution in [0.4, 0.5) is 0 Å². The summed E-state index contributed by atoms with van der Waals surface area (Å²) in [6, 6.07) is 13.2. The zero-order chi connectivity index (χ0) is 19.7. The summed E-state index contributed by atoms with van der Waals surface area (Å²) in [5.74, 6) is 1.41. The zero-order valence-corrected chi connectivity index (χ0v) is 16.8. The van der Waals surface area contributed by atoms with E-state index in [1.807, 2.05) is 12.1 Å². The maximum absolute atomic E-state index is 12.3. The van der Waals surface area contributed by atoms with Crippen molar-refractivity contribution in [2.45, 2.75) is 30.7 Å². The summed E-state index contributed by atoms with van der Waals surface area (Å²) >= 11 is 7.41. The predicted molar refractivity (Wildman–Crippen MR) is 110 cm³/mol. The van der Waals surface area contributed by atoms with Crippen molar-refractivity contribution in [3.8, 4) is 5.69 Å². The van der Waals surface area contributed by atoms with Crippen LogP contribution in [0.1, 0.15) is 31.2 Å². The molecule has 2 aromatic carbocycles. The van der Waals surface area contributed by atoms with Crippen LogP contribution in [-0.2, 0) is 5.75 Å². The fourth-order valence-corrected chi connectivity index (χ4v) is 3.72. The molecule has 0 spiro atoms. The maximum Gasteiger partial charge on any atom is 0.258 e. The lowest BCUT2D eigenvalue weighted by Crippen LogP contribution is -2.11. The fourth-order valence-electron chi connectivity index (χ4n) is 2.79. The van der Waals surface area contributed by atoms with E-state index in [4.69, 9.17) is 11.6 Å². The van der Waals surface area contributed by atoms with Crippen LogP contribution in [-0.4, -0.2) is 30.2 Å². The number of nitrogens with zero attached hydrogens (tertiary/aromatic N) is 5. The molecule has 0 saturated heterocycles. The molecule has 2 aromatic heterocycles. The molecule has 0 atom stereocenters. The quantitative estimate of drug-likeness (QED) is 0.499. The highest BCUT2D eigenvalue weighted by molar-refractivity contribution is 7.98. The van der Waals surface area contributed by atoms with Crippen molar-refractivity contribution in [2.24, 2.45) is 0 Å². The number of rotatable bonds is 5. The van der Waals surface area contributed by atoms with Crippen LogP contribution >= 0.6 is 23.4 Å². The number of halogens is 1. The first-order chi connectivity index (χ1) is 13.5. The monoisotopic (exact) mass is 412 g/mol. The van der Waals surface area contributed by atoms with Crippen molar-refractivity contribution in [3.05, 3.63) is 69.2 Å². The molecule has 0 aliphatic rings. The van der Waals surface area contributed by atoms with E-state index in [9.17, 15) is 4.79 Å². The Morgan fingerprint density at radius 1 is 1.18 bits per heavy atom. The Hall–Kier alpha value is -2.71. The number of aromatic amines is 1. The van der Waals surface area contributed by atoms with Crippen molar-refractivity contribution in [1.82, 2.24) is 30.2 Å². The summed E-state index contributed by atoms with van der Waals surface area (Å²) in [6.07, 6.45) is 0. The van der Waals surface area contributed by atoms with Gasteiger partial charge in [-0.05, 0) is 52.2 Å². The molecular weight excluding hydrogens is 396 g/mol. The summed E-state index contributed by atoms with van der Waals surface area (Å²) in [7, 11) is 0. The second-order valence-corrected chi connectivity index (χ2v) is 7.96. The normalized spacial score (nSPS) is 11.4. The lowest BCUT2D eigenvalue weighted by Gasteiger charge is -2.08. The van der Waals surface area contributed by atoms with Gasteiger partial charge >= 0.3 is 0 Å². The van der Waals surface area contributed by atoms with E-state index in [0.29, 0.717) is 38.6 Å². The van der Waals surface area contributed by atoms with E-state index in [1.165, 1.54) is 17.3 Å². The Labute approximate surface area is 170 Å². The van der Waals surface area contributed by atoms with Gasteiger partial charge in [0.05, 0.1) is 22.3 Å². The summed E-state index contributed by atoms with van der Waals surface area (Å²) in [5, 5.41) is 13.6. The van der Waals surface area contributed by atoms with Gasteiger partial charge in [-0.15, -0.1) is 5.10 Å². The van der Waals surface area contributed by atoms with Crippen LogP contribution in [0.15, 0.2) is 52.4 Å². The van der Waals surface area contributed by atoms with Crippen LogP contribution < -0.4 is 5.56 Å². The van der Waals surface area contributed by atoms with Gasteiger partial charge in [-0.1, -0.05) is 49.3 Å². The van der Waals surface area contributed by atoms with Gasteiger partial charge in [0.25, 0.3) is 5.56 Å². The molecule has 28 heavy (non-hydrogen) atoms. The zero-order valence-electron chi connectivity index (χ0n) is 15.3. The number of H-pyrrole nitrogens is 1. The predicted octanol–water partition coefficient (Wildman–Crippen LogP) is 3.97. The minimum Gasteiger partial charge on any atom is -0.309 e. The van der Waals surface area contributed by atoms with E-state index >= 15 is 0 Å². The highest BCUT2D eigenvalue weighted by atomic mass is 35.5. The van der Waals surface area contributed by atoms with Crippen molar-refractivity contribution >= 4 is 34.3 Å². The SMILES string of the molecule is CC(C)c1ccc(-n2nnnc2SCc2nc3cc(Cl)ccc3c(=O)[nH]2)cc1. The van der Waals surface area contributed by atoms with Crippen molar-refractivity contribution in [1.29, 1.82) is 0 Å². The topological polar surface area (TPSA) is 89.3 Å². The molecule has 4 aromatic rings. The minimum atomic E-state index is -0.193. The van der Waals surface area contributed by atoms with Gasteiger partial charge < -0.3 is 4.98 Å². The molecule has 0 radical (unpaired) electrons. The average Bonchev–Trinajstić information content (AvgIpc) is 3.14. The molecule has 9 heteroatoms.